The molecule has 0 saturated heterocycles. The first-order chi connectivity index (χ1) is 9.38. The van der Waals surface area contributed by atoms with E-state index in [0.717, 1.165) is 5.56 Å². The summed E-state index contributed by atoms with van der Waals surface area (Å²) in [5.41, 5.74) is 2.06. The van der Waals surface area contributed by atoms with Crippen LogP contribution >= 0.6 is 11.8 Å². The van der Waals surface area contributed by atoms with Crippen molar-refractivity contribution in [3.8, 4) is 0 Å². The second-order valence-electron chi connectivity index (χ2n) is 5.74. The van der Waals surface area contributed by atoms with Crippen LogP contribution < -0.4 is 0 Å². The van der Waals surface area contributed by atoms with Gasteiger partial charge in [0.05, 0.1) is 5.25 Å². The zero-order valence-electron chi connectivity index (χ0n) is 12.2. The Morgan fingerprint density at radius 2 is 1.90 bits per heavy atom. The van der Waals surface area contributed by atoms with Crippen LogP contribution in [0.2, 0.25) is 0 Å². The van der Waals surface area contributed by atoms with Crippen molar-refractivity contribution in [2.75, 3.05) is 0 Å². The minimum absolute atomic E-state index is 0.0990. The van der Waals surface area contributed by atoms with Crippen molar-refractivity contribution in [3.05, 3.63) is 41.7 Å². The Balaban J connectivity index is 2.09. The summed E-state index contributed by atoms with van der Waals surface area (Å²) in [4.78, 5) is 16.4. The predicted octanol–water partition coefficient (Wildman–Crippen LogP) is 3.47. The zero-order chi connectivity index (χ0) is 14.8. The van der Waals surface area contributed by atoms with Gasteiger partial charge >= 0.3 is 0 Å². The van der Waals surface area contributed by atoms with Gasteiger partial charge < -0.3 is 0 Å². The Morgan fingerprint density at radius 1 is 1.25 bits per heavy atom. The van der Waals surface area contributed by atoms with Gasteiger partial charge in [-0.05, 0) is 17.9 Å². The number of hydrogen-bond donors (Lipinski definition) is 1. The standard InChI is InChI=1S/C15H19N3OS/c1-10(20-14-16-9-17-18-14)13(19)11-5-7-12(8-6-11)15(2,3)4/h5-10H,1-4H3,(H,16,17,18). The number of benzene rings is 1. The van der Waals surface area contributed by atoms with Crippen molar-refractivity contribution in [3.63, 3.8) is 0 Å². The van der Waals surface area contributed by atoms with Crippen molar-refractivity contribution >= 4 is 17.5 Å². The number of H-pyrrole nitrogens is 1. The molecule has 0 radical (unpaired) electrons. The molecule has 1 aromatic carbocycles. The van der Waals surface area contributed by atoms with Gasteiger partial charge in [-0.2, -0.15) is 5.10 Å². The first kappa shape index (κ1) is 14.8. The number of hydrogen-bond acceptors (Lipinski definition) is 4. The maximum atomic E-state index is 12.3. The number of carbonyl (C=O) groups is 1. The van der Waals surface area contributed by atoms with Gasteiger partial charge in [0.1, 0.15) is 6.33 Å². The molecule has 20 heavy (non-hydrogen) atoms. The Labute approximate surface area is 123 Å². The molecule has 0 spiro atoms. The fourth-order valence-electron chi connectivity index (χ4n) is 1.84. The second kappa shape index (κ2) is 5.79. The molecule has 2 aromatic rings. The number of Topliss-reactive ketones (excluding diaryl/α,β-unsaturated/α-hetero) is 1. The van der Waals surface area contributed by atoms with Gasteiger partial charge in [0.25, 0.3) is 0 Å². The molecule has 0 aliphatic rings. The third kappa shape index (κ3) is 3.48. The summed E-state index contributed by atoms with van der Waals surface area (Å²) < 4.78 is 0. The highest BCUT2D eigenvalue weighted by molar-refractivity contribution is 8.00. The molecular formula is C15H19N3OS. The van der Waals surface area contributed by atoms with Crippen LogP contribution in [0.4, 0.5) is 0 Å². The van der Waals surface area contributed by atoms with Crippen LogP contribution in [0.1, 0.15) is 43.6 Å². The number of nitrogens with one attached hydrogen (secondary N) is 1. The number of aromatic amines is 1. The molecule has 5 heteroatoms. The zero-order valence-corrected chi connectivity index (χ0v) is 13.0. The van der Waals surface area contributed by atoms with E-state index in [9.17, 15) is 4.79 Å². The fraction of sp³-hybridized carbons (Fsp3) is 0.400. The van der Waals surface area contributed by atoms with Gasteiger partial charge in [-0.25, -0.2) is 4.98 Å². The van der Waals surface area contributed by atoms with Gasteiger partial charge in [0.15, 0.2) is 10.9 Å². The largest absolute Gasteiger partial charge is 0.293 e. The SMILES string of the molecule is CC(Sc1ncn[nH]1)C(=O)c1ccc(C(C)(C)C)cc1. The number of carbonyl (C=O) groups excluding carboxylic acids is 1. The van der Waals surface area contributed by atoms with Crippen LogP contribution in [0.25, 0.3) is 0 Å². The highest BCUT2D eigenvalue weighted by Gasteiger charge is 2.19. The molecule has 1 N–H and O–H groups in total. The lowest BCUT2D eigenvalue weighted by atomic mass is 9.86. The second-order valence-corrected chi connectivity index (χ2v) is 7.07. The summed E-state index contributed by atoms with van der Waals surface area (Å²) in [6.45, 7) is 8.36. The molecule has 0 saturated carbocycles. The molecule has 106 valence electrons. The maximum absolute atomic E-state index is 12.3. The first-order valence-electron chi connectivity index (χ1n) is 6.54. The minimum Gasteiger partial charge on any atom is -0.293 e. The Hall–Kier alpha value is -1.62. The normalized spacial score (nSPS) is 13.2. The fourth-order valence-corrected chi connectivity index (χ4v) is 2.63. The van der Waals surface area contributed by atoms with Crippen LogP contribution in [0, 0.1) is 0 Å². The van der Waals surface area contributed by atoms with E-state index in [1.54, 1.807) is 0 Å². The molecule has 0 aliphatic heterocycles. The van der Waals surface area contributed by atoms with E-state index in [4.69, 9.17) is 0 Å². The van der Waals surface area contributed by atoms with Crippen LogP contribution in [-0.2, 0) is 5.41 Å². The Bertz CT molecular complexity index is 570. The van der Waals surface area contributed by atoms with E-state index in [2.05, 4.69) is 36.0 Å². The average molecular weight is 289 g/mol. The third-order valence-electron chi connectivity index (χ3n) is 3.09. The van der Waals surface area contributed by atoms with E-state index >= 15 is 0 Å². The third-order valence-corrected chi connectivity index (χ3v) is 4.07. The summed E-state index contributed by atoms with van der Waals surface area (Å²) in [5, 5.41) is 7.00. The summed E-state index contributed by atoms with van der Waals surface area (Å²) in [7, 11) is 0. The quantitative estimate of drug-likeness (QED) is 0.691. The van der Waals surface area contributed by atoms with Crippen LogP contribution in [0.5, 0.6) is 0 Å². The van der Waals surface area contributed by atoms with Gasteiger partial charge in [-0.3, -0.25) is 9.89 Å². The molecule has 0 fully saturated rings. The van der Waals surface area contributed by atoms with Gasteiger partial charge in [-0.1, -0.05) is 56.8 Å². The summed E-state index contributed by atoms with van der Waals surface area (Å²) in [6.07, 6.45) is 1.44. The Kier molecular flexibility index (Phi) is 4.28. The topological polar surface area (TPSA) is 58.6 Å². The van der Waals surface area contributed by atoms with Crippen molar-refractivity contribution in [1.82, 2.24) is 15.2 Å². The molecule has 0 amide bonds. The van der Waals surface area contributed by atoms with Crippen LogP contribution in [0.3, 0.4) is 0 Å². The molecule has 1 heterocycles. The average Bonchev–Trinajstić information content (AvgIpc) is 2.90. The number of ketones is 1. The van der Waals surface area contributed by atoms with Crippen molar-refractivity contribution in [2.45, 2.75) is 43.5 Å². The van der Waals surface area contributed by atoms with Crippen molar-refractivity contribution in [2.24, 2.45) is 0 Å². The van der Waals surface area contributed by atoms with Crippen LogP contribution in [-0.4, -0.2) is 26.2 Å². The van der Waals surface area contributed by atoms with Crippen molar-refractivity contribution in [1.29, 1.82) is 0 Å². The molecule has 0 aliphatic carbocycles. The van der Waals surface area contributed by atoms with Crippen LogP contribution in [0.15, 0.2) is 35.7 Å². The van der Waals surface area contributed by atoms with Crippen molar-refractivity contribution < 1.29 is 4.79 Å². The summed E-state index contributed by atoms with van der Waals surface area (Å²) in [5.74, 6) is 0.104. The molecule has 4 nitrogen and oxygen atoms in total. The first-order valence-corrected chi connectivity index (χ1v) is 7.42. The molecule has 0 bridgehead atoms. The highest BCUT2D eigenvalue weighted by Crippen LogP contribution is 2.25. The molecule has 1 aromatic heterocycles. The predicted molar refractivity (Wildman–Crippen MR) is 81.2 cm³/mol. The smallest absolute Gasteiger partial charge is 0.184 e. The monoisotopic (exact) mass is 289 g/mol. The van der Waals surface area contributed by atoms with Gasteiger partial charge in [-0.15, -0.1) is 0 Å². The van der Waals surface area contributed by atoms with E-state index < -0.39 is 0 Å². The Morgan fingerprint density at radius 3 is 2.40 bits per heavy atom. The molecule has 1 unspecified atom stereocenters. The maximum Gasteiger partial charge on any atom is 0.184 e. The lowest BCUT2D eigenvalue weighted by Crippen LogP contribution is -2.15. The lowest BCUT2D eigenvalue weighted by Gasteiger charge is -2.19. The number of nitrogens with zero attached hydrogens (tertiary/aromatic N) is 2. The highest BCUT2D eigenvalue weighted by atomic mass is 32.2. The van der Waals surface area contributed by atoms with Gasteiger partial charge in [0.2, 0.25) is 0 Å². The van der Waals surface area contributed by atoms with Gasteiger partial charge in [0, 0.05) is 5.56 Å². The number of aromatic nitrogens is 3. The summed E-state index contributed by atoms with van der Waals surface area (Å²) >= 11 is 1.38. The van der Waals surface area contributed by atoms with E-state index in [0.29, 0.717) is 5.16 Å². The lowest BCUT2D eigenvalue weighted by molar-refractivity contribution is 0.0994. The molecule has 2 rings (SSSR count). The van der Waals surface area contributed by atoms with E-state index in [1.165, 1.54) is 23.7 Å². The number of thioether (sulfide) groups is 1. The van der Waals surface area contributed by atoms with E-state index in [1.807, 2.05) is 31.2 Å². The molecule has 1 atom stereocenters. The number of rotatable bonds is 4. The minimum atomic E-state index is -0.191. The molecular weight excluding hydrogens is 270 g/mol. The summed E-state index contributed by atoms with van der Waals surface area (Å²) in [6, 6.07) is 7.86. The van der Waals surface area contributed by atoms with E-state index in [-0.39, 0.29) is 16.4 Å².